The Balaban J connectivity index is 2.08. The van der Waals surface area contributed by atoms with Gasteiger partial charge in [0.1, 0.15) is 0 Å². The number of hydrogen-bond acceptors (Lipinski definition) is 4. The van der Waals surface area contributed by atoms with E-state index >= 15 is 0 Å². The van der Waals surface area contributed by atoms with Crippen LogP contribution in [-0.4, -0.2) is 27.1 Å². The number of carboxylic acids is 1. The third-order valence-corrected chi connectivity index (χ3v) is 2.52. The van der Waals surface area contributed by atoms with E-state index in [4.69, 9.17) is 5.11 Å². The maximum atomic E-state index is 11.7. The molecule has 0 bridgehead atoms. The van der Waals surface area contributed by atoms with Crippen molar-refractivity contribution in [2.24, 2.45) is 0 Å². The zero-order chi connectivity index (χ0) is 14.5. The van der Waals surface area contributed by atoms with E-state index < -0.39 is 12.0 Å². The Morgan fingerprint density at radius 1 is 1.15 bits per heavy atom. The molecule has 2 aromatic rings. The number of carboxylic acid groups (broad SMARTS) is 1. The van der Waals surface area contributed by atoms with Crippen LogP contribution in [0.25, 0.3) is 0 Å². The Hall–Kier alpha value is -2.96. The number of aromatic nitrogens is 2. The van der Waals surface area contributed by atoms with Gasteiger partial charge in [-0.1, -0.05) is 6.07 Å². The number of aryl methyl sites for hydroxylation is 1. The zero-order valence-electron chi connectivity index (χ0n) is 10.6. The number of rotatable bonds is 3. The van der Waals surface area contributed by atoms with Crippen LogP contribution in [0.2, 0.25) is 0 Å². The molecule has 102 valence electrons. The van der Waals surface area contributed by atoms with E-state index in [-0.39, 0.29) is 11.5 Å². The van der Waals surface area contributed by atoms with Gasteiger partial charge in [0.25, 0.3) is 0 Å². The zero-order valence-corrected chi connectivity index (χ0v) is 10.6. The number of hydrogen-bond donors (Lipinski definition) is 3. The third-order valence-electron chi connectivity index (χ3n) is 2.52. The number of carbonyl (C=O) groups is 2. The summed E-state index contributed by atoms with van der Waals surface area (Å²) in [4.78, 5) is 30.4. The molecule has 0 aliphatic carbocycles. The van der Waals surface area contributed by atoms with Crippen molar-refractivity contribution in [3.8, 4) is 0 Å². The maximum absolute atomic E-state index is 11.7. The molecule has 0 fully saturated rings. The van der Waals surface area contributed by atoms with Gasteiger partial charge in [0.05, 0.1) is 5.56 Å². The van der Waals surface area contributed by atoms with Gasteiger partial charge in [-0.15, -0.1) is 0 Å². The lowest BCUT2D eigenvalue weighted by atomic mass is 10.1. The predicted molar refractivity (Wildman–Crippen MR) is 72.8 cm³/mol. The van der Waals surface area contributed by atoms with Crippen LogP contribution in [-0.2, 0) is 0 Å². The van der Waals surface area contributed by atoms with Crippen molar-refractivity contribution in [1.29, 1.82) is 0 Å². The quantitative estimate of drug-likeness (QED) is 0.793. The van der Waals surface area contributed by atoms with Crippen molar-refractivity contribution in [1.82, 2.24) is 9.97 Å². The van der Waals surface area contributed by atoms with E-state index in [0.29, 0.717) is 11.3 Å². The molecule has 1 aromatic carbocycles. The molecule has 0 atom stereocenters. The Morgan fingerprint density at radius 2 is 1.85 bits per heavy atom. The van der Waals surface area contributed by atoms with Crippen molar-refractivity contribution in [2.45, 2.75) is 6.92 Å². The minimum atomic E-state index is -1.04. The molecule has 1 heterocycles. The Morgan fingerprint density at radius 3 is 2.50 bits per heavy atom. The number of urea groups is 1. The lowest BCUT2D eigenvalue weighted by Crippen LogP contribution is -2.21. The number of anilines is 2. The highest BCUT2D eigenvalue weighted by Crippen LogP contribution is 2.15. The Bertz CT molecular complexity index is 643. The summed E-state index contributed by atoms with van der Waals surface area (Å²) in [5, 5.41) is 14.0. The molecular weight excluding hydrogens is 260 g/mol. The second-order valence-corrected chi connectivity index (χ2v) is 3.99. The summed E-state index contributed by atoms with van der Waals surface area (Å²) in [5.74, 6) is -0.881. The second kappa shape index (κ2) is 5.79. The van der Waals surface area contributed by atoms with Crippen LogP contribution in [0.4, 0.5) is 16.4 Å². The highest BCUT2D eigenvalue weighted by Gasteiger charge is 2.10. The summed E-state index contributed by atoms with van der Waals surface area (Å²) in [7, 11) is 0. The van der Waals surface area contributed by atoms with Crippen LogP contribution in [0.5, 0.6) is 0 Å². The van der Waals surface area contributed by atoms with E-state index in [1.54, 1.807) is 25.1 Å². The van der Waals surface area contributed by atoms with Gasteiger partial charge in [-0.3, -0.25) is 5.32 Å². The van der Waals surface area contributed by atoms with Crippen LogP contribution in [0.3, 0.4) is 0 Å². The van der Waals surface area contributed by atoms with E-state index in [2.05, 4.69) is 20.6 Å². The molecule has 2 amide bonds. The fraction of sp³-hybridized carbons (Fsp3) is 0.0769. The summed E-state index contributed by atoms with van der Waals surface area (Å²) >= 11 is 0. The number of amides is 2. The molecule has 0 radical (unpaired) electrons. The molecule has 7 heteroatoms. The first-order chi connectivity index (χ1) is 9.56. The van der Waals surface area contributed by atoms with Gasteiger partial charge >= 0.3 is 12.0 Å². The topological polar surface area (TPSA) is 104 Å². The second-order valence-electron chi connectivity index (χ2n) is 3.99. The normalized spacial score (nSPS) is 9.85. The van der Waals surface area contributed by atoms with Gasteiger partial charge in [-0.2, -0.15) is 0 Å². The Kier molecular flexibility index (Phi) is 3.90. The molecule has 20 heavy (non-hydrogen) atoms. The number of nitrogens with one attached hydrogen (secondary N) is 2. The van der Waals surface area contributed by atoms with Crippen LogP contribution < -0.4 is 10.6 Å². The molecule has 0 aliphatic heterocycles. The van der Waals surface area contributed by atoms with Crippen LogP contribution >= 0.6 is 0 Å². The standard InChI is InChI=1S/C13H12N4O3/c1-8-3-4-9(7-10(8)11(18)19)16-13(20)17-12-14-5-2-6-15-12/h2-7H,1H3,(H,18,19)(H2,14,15,16,17,20). The lowest BCUT2D eigenvalue weighted by molar-refractivity contribution is 0.0696. The first-order valence-electron chi connectivity index (χ1n) is 5.75. The summed E-state index contributed by atoms with van der Waals surface area (Å²) in [6, 6.07) is 5.72. The summed E-state index contributed by atoms with van der Waals surface area (Å²) in [6.45, 7) is 1.69. The molecule has 0 aliphatic rings. The third kappa shape index (κ3) is 3.29. The van der Waals surface area contributed by atoms with Gasteiger partial charge in [0, 0.05) is 18.1 Å². The van der Waals surface area contributed by atoms with Gasteiger partial charge in [0.15, 0.2) is 0 Å². The van der Waals surface area contributed by atoms with Gasteiger partial charge in [-0.25, -0.2) is 19.6 Å². The largest absolute Gasteiger partial charge is 0.478 e. The molecular formula is C13H12N4O3. The highest BCUT2D eigenvalue weighted by atomic mass is 16.4. The Labute approximate surface area is 114 Å². The molecule has 0 saturated heterocycles. The molecule has 3 N–H and O–H groups in total. The van der Waals surface area contributed by atoms with E-state index in [0.717, 1.165) is 0 Å². The average molecular weight is 272 g/mol. The van der Waals surface area contributed by atoms with Crippen molar-refractivity contribution in [2.75, 3.05) is 10.6 Å². The van der Waals surface area contributed by atoms with Crippen molar-refractivity contribution in [3.63, 3.8) is 0 Å². The molecule has 2 rings (SSSR count). The van der Waals surface area contributed by atoms with Crippen LogP contribution in [0, 0.1) is 6.92 Å². The summed E-state index contributed by atoms with van der Waals surface area (Å²) in [6.07, 6.45) is 2.99. The fourth-order valence-corrected chi connectivity index (χ4v) is 1.56. The van der Waals surface area contributed by atoms with Crippen molar-refractivity contribution in [3.05, 3.63) is 47.8 Å². The number of benzene rings is 1. The van der Waals surface area contributed by atoms with Crippen molar-refractivity contribution < 1.29 is 14.7 Å². The van der Waals surface area contributed by atoms with Crippen molar-refractivity contribution >= 4 is 23.6 Å². The minimum Gasteiger partial charge on any atom is -0.478 e. The SMILES string of the molecule is Cc1ccc(NC(=O)Nc2ncccn2)cc1C(=O)O. The summed E-state index contributed by atoms with van der Waals surface area (Å²) < 4.78 is 0. The van der Waals surface area contributed by atoms with Crippen LogP contribution in [0.15, 0.2) is 36.7 Å². The van der Waals surface area contributed by atoms with E-state index in [1.807, 2.05) is 0 Å². The lowest BCUT2D eigenvalue weighted by Gasteiger charge is -2.08. The number of nitrogens with zero attached hydrogens (tertiary/aromatic N) is 2. The van der Waals surface area contributed by atoms with Gasteiger partial charge in [0.2, 0.25) is 5.95 Å². The molecule has 1 aromatic heterocycles. The monoisotopic (exact) mass is 272 g/mol. The maximum Gasteiger partial charge on any atom is 0.336 e. The van der Waals surface area contributed by atoms with E-state index in [1.165, 1.54) is 18.5 Å². The average Bonchev–Trinajstić information content (AvgIpc) is 2.41. The molecule has 0 saturated carbocycles. The molecule has 0 unspecified atom stereocenters. The number of aromatic carboxylic acids is 1. The van der Waals surface area contributed by atoms with Crippen LogP contribution in [0.1, 0.15) is 15.9 Å². The van der Waals surface area contributed by atoms with Gasteiger partial charge in [-0.05, 0) is 30.7 Å². The first-order valence-corrected chi connectivity index (χ1v) is 5.75. The summed E-state index contributed by atoms with van der Waals surface area (Å²) in [5.41, 5.74) is 1.13. The predicted octanol–water partition coefficient (Wildman–Crippen LogP) is 2.13. The fourth-order valence-electron chi connectivity index (χ4n) is 1.56. The number of carbonyl (C=O) groups excluding carboxylic acids is 1. The first kappa shape index (κ1) is 13.5. The van der Waals surface area contributed by atoms with Gasteiger partial charge < -0.3 is 10.4 Å². The molecule has 0 spiro atoms. The highest BCUT2D eigenvalue weighted by molar-refractivity contribution is 5.99. The smallest absolute Gasteiger partial charge is 0.336 e. The minimum absolute atomic E-state index is 0.138. The van der Waals surface area contributed by atoms with E-state index in [9.17, 15) is 9.59 Å². The molecule has 7 nitrogen and oxygen atoms in total.